The maximum atomic E-state index is 13.3. The molecule has 0 spiro atoms. The van der Waals surface area contributed by atoms with E-state index in [1.807, 2.05) is 47.0 Å². The first-order valence-corrected chi connectivity index (χ1v) is 8.88. The number of nitrogens with zero attached hydrogens (tertiary/aromatic N) is 2. The van der Waals surface area contributed by atoms with Crippen LogP contribution in [0.1, 0.15) is 38.1 Å². The minimum atomic E-state index is 0.0150. The van der Waals surface area contributed by atoms with Crippen LogP contribution in [0.5, 0.6) is 0 Å². The van der Waals surface area contributed by atoms with Crippen LogP contribution in [-0.4, -0.2) is 9.55 Å². The Morgan fingerprint density at radius 3 is 2.58 bits per heavy atom. The minimum absolute atomic E-state index is 0.0150. The van der Waals surface area contributed by atoms with Crippen LogP contribution in [0, 0.1) is 0 Å². The number of pyridine rings is 2. The summed E-state index contributed by atoms with van der Waals surface area (Å²) < 4.78 is 1.91. The molecule has 0 saturated heterocycles. The lowest BCUT2D eigenvalue weighted by Gasteiger charge is -2.25. The number of halogens is 1. The largest absolute Gasteiger partial charge is 0.289 e. The van der Waals surface area contributed by atoms with Gasteiger partial charge < -0.3 is 0 Å². The summed E-state index contributed by atoms with van der Waals surface area (Å²) >= 11 is 6.36. The Morgan fingerprint density at radius 1 is 1.00 bits per heavy atom. The molecule has 0 N–H and O–H groups in total. The highest BCUT2D eigenvalue weighted by atomic mass is 35.5. The van der Waals surface area contributed by atoms with Gasteiger partial charge in [0, 0.05) is 33.8 Å². The Bertz CT molecular complexity index is 942. The van der Waals surface area contributed by atoms with Gasteiger partial charge >= 0.3 is 0 Å². The first-order chi connectivity index (χ1) is 11.8. The fourth-order valence-corrected chi connectivity index (χ4v) is 3.95. The monoisotopic (exact) mass is 338 g/mol. The second-order valence-electron chi connectivity index (χ2n) is 6.42. The third kappa shape index (κ3) is 2.63. The molecule has 2 aromatic heterocycles. The number of benzene rings is 1. The lowest BCUT2D eigenvalue weighted by molar-refractivity contribution is 0.353. The summed E-state index contributed by atoms with van der Waals surface area (Å²) in [6.07, 6.45) is 7.43. The fraction of sp³-hybridized carbons (Fsp3) is 0.300. The molecule has 3 nitrogen and oxygen atoms in total. The van der Waals surface area contributed by atoms with Gasteiger partial charge in [-0.2, -0.15) is 0 Å². The third-order valence-corrected chi connectivity index (χ3v) is 5.23. The quantitative estimate of drug-likeness (QED) is 0.642. The van der Waals surface area contributed by atoms with Gasteiger partial charge in [-0.05, 0) is 37.1 Å². The summed E-state index contributed by atoms with van der Waals surface area (Å²) in [6, 6.07) is 13.6. The molecule has 0 amide bonds. The van der Waals surface area contributed by atoms with E-state index in [1.165, 1.54) is 19.3 Å². The lowest BCUT2D eigenvalue weighted by Crippen LogP contribution is -2.28. The SMILES string of the molecule is O=c1c(-c2ccccc2Cl)cc2cccnc2n1C1CCCCC1. The van der Waals surface area contributed by atoms with Crippen molar-refractivity contribution in [3.63, 3.8) is 0 Å². The number of fused-ring (bicyclic) bond motifs is 1. The Labute approximate surface area is 145 Å². The van der Waals surface area contributed by atoms with E-state index in [4.69, 9.17) is 11.6 Å². The van der Waals surface area contributed by atoms with E-state index < -0.39 is 0 Å². The lowest BCUT2D eigenvalue weighted by atomic mass is 9.94. The molecule has 1 fully saturated rings. The topological polar surface area (TPSA) is 34.9 Å². The first kappa shape index (κ1) is 15.4. The smallest absolute Gasteiger partial charge is 0.260 e. The van der Waals surface area contributed by atoms with E-state index >= 15 is 0 Å². The highest BCUT2D eigenvalue weighted by Crippen LogP contribution is 2.32. The highest BCUT2D eigenvalue weighted by molar-refractivity contribution is 6.33. The van der Waals surface area contributed by atoms with Gasteiger partial charge in [-0.15, -0.1) is 0 Å². The molecule has 0 unspecified atom stereocenters. The Morgan fingerprint density at radius 2 is 1.79 bits per heavy atom. The molecule has 1 aliphatic rings. The first-order valence-electron chi connectivity index (χ1n) is 8.51. The third-order valence-electron chi connectivity index (χ3n) is 4.90. The molecule has 0 aliphatic heterocycles. The average Bonchev–Trinajstić information content (AvgIpc) is 2.63. The fourth-order valence-electron chi connectivity index (χ4n) is 3.72. The number of hydrogen-bond donors (Lipinski definition) is 0. The summed E-state index contributed by atoms with van der Waals surface area (Å²) in [6.45, 7) is 0. The summed E-state index contributed by atoms with van der Waals surface area (Å²) in [5.41, 5.74) is 2.25. The molecule has 122 valence electrons. The summed E-state index contributed by atoms with van der Waals surface area (Å²) in [4.78, 5) is 17.8. The summed E-state index contributed by atoms with van der Waals surface area (Å²) in [5.74, 6) is 0. The molecule has 0 radical (unpaired) electrons. The van der Waals surface area contributed by atoms with Gasteiger partial charge in [0.15, 0.2) is 0 Å². The van der Waals surface area contributed by atoms with Crippen molar-refractivity contribution in [2.45, 2.75) is 38.1 Å². The van der Waals surface area contributed by atoms with Crippen molar-refractivity contribution in [2.75, 3.05) is 0 Å². The van der Waals surface area contributed by atoms with Crippen LogP contribution in [-0.2, 0) is 0 Å². The number of aromatic nitrogens is 2. The molecule has 2 heterocycles. The Balaban J connectivity index is 2.01. The van der Waals surface area contributed by atoms with Crippen LogP contribution in [0.4, 0.5) is 0 Å². The standard InChI is InChI=1S/C20H19ClN2O/c21-18-11-5-4-10-16(18)17-13-14-7-6-12-22-19(14)23(20(17)24)15-8-2-1-3-9-15/h4-7,10-13,15H,1-3,8-9H2. The zero-order chi connectivity index (χ0) is 16.5. The molecular weight excluding hydrogens is 320 g/mol. The van der Waals surface area contributed by atoms with Crippen LogP contribution < -0.4 is 5.56 Å². The maximum absolute atomic E-state index is 13.3. The van der Waals surface area contributed by atoms with Gasteiger partial charge in [-0.25, -0.2) is 4.98 Å². The van der Waals surface area contributed by atoms with E-state index in [9.17, 15) is 4.79 Å². The highest BCUT2D eigenvalue weighted by Gasteiger charge is 2.21. The van der Waals surface area contributed by atoms with E-state index in [1.54, 1.807) is 6.20 Å². The van der Waals surface area contributed by atoms with Gasteiger partial charge in [0.2, 0.25) is 0 Å². The van der Waals surface area contributed by atoms with E-state index in [0.29, 0.717) is 10.6 Å². The van der Waals surface area contributed by atoms with Crippen molar-refractivity contribution >= 4 is 22.6 Å². The maximum Gasteiger partial charge on any atom is 0.260 e. The van der Waals surface area contributed by atoms with Crippen LogP contribution in [0.3, 0.4) is 0 Å². The molecule has 24 heavy (non-hydrogen) atoms. The predicted molar refractivity (Wildman–Crippen MR) is 98.6 cm³/mol. The molecule has 3 aromatic rings. The molecule has 1 aromatic carbocycles. The van der Waals surface area contributed by atoms with Crippen molar-refractivity contribution in [1.82, 2.24) is 9.55 Å². The van der Waals surface area contributed by atoms with E-state index in [0.717, 1.165) is 29.4 Å². The summed E-state index contributed by atoms with van der Waals surface area (Å²) in [7, 11) is 0. The van der Waals surface area contributed by atoms with Gasteiger partial charge in [-0.1, -0.05) is 49.1 Å². The second kappa shape index (κ2) is 6.40. The van der Waals surface area contributed by atoms with Crippen molar-refractivity contribution in [1.29, 1.82) is 0 Å². The van der Waals surface area contributed by atoms with Crippen molar-refractivity contribution in [3.8, 4) is 11.1 Å². The number of rotatable bonds is 2. The Hall–Kier alpha value is -2.13. The van der Waals surface area contributed by atoms with Gasteiger partial charge in [0.25, 0.3) is 5.56 Å². The van der Waals surface area contributed by atoms with Gasteiger partial charge in [-0.3, -0.25) is 9.36 Å². The number of hydrogen-bond acceptors (Lipinski definition) is 2. The molecule has 0 atom stereocenters. The summed E-state index contributed by atoms with van der Waals surface area (Å²) in [5, 5.41) is 1.59. The molecular formula is C20H19ClN2O. The molecule has 4 heteroatoms. The van der Waals surface area contributed by atoms with Crippen molar-refractivity contribution in [2.24, 2.45) is 0 Å². The Kier molecular flexibility index (Phi) is 4.11. The van der Waals surface area contributed by atoms with Crippen LogP contribution in [0.2, 0.25) is 5.02 Å². The molecule has 0 bridgehead atoms. The molecule has 1 aliphatic carbocycles. The van der Waals surface area contributed by atoms with Crippen LogP contribution in [0.15, 0.2) is 53.5 Å². The van der Waals surface area contributed by atoms with Crippen LogP contribution >= 0.6 is 11.6 Å². The second-order valence-corrected chi connectivity index (χ2v) is 6.83. The van der Waals surface area contributed by atoms with E-state index in [-0.39, 0.29) is 11.6 Å². The molecule has 1 saturated carbocycles. The minimum Gasteiger partial charge on any atom is -0.289 e. The molecule has 4 rings (SSSR count). The normalized spacial score (nSPS) is 15.7. The van der Waals surface area contributed by atoms with Gasteiger partial charge in [0.05, 0.1) is 0 Å². The predicted octanol–water partition coefficient (Wildman–Crippen LogP) is 5.22. The zero-order valence-corrected chi connectivity index (χ0v) is 14.2. The van der Waals surface area contributed by atoms with Crippen molar-refractivity contribution in [3.05, 3.63) is 64.0 Å². The van der Waals surface area contributed by atoms with Crippen molar-refractivity contribution < 1.29 is 0 Å². The van der Waals surface area contributed by atoms with E-state index in [2.05, 4.69) is 4.98 Å². The average molecular weight is 339 g/mol. The van der Waals surface area contributed by atoms with Crippen LogP contribution in [0.25, 0.3) is 22.2 Å². The van der Waals surface area contributed by atoms with Gasteiger partial charge in [0.1, 0.15) is 5.65 Å². The zero-order valence-electron chi connectivity index (χ0n) is 13.4.